The Morgan fingerprint density at radius 2 is 1.71 bits per heavy atom. The molecule has 104 valence electrons. The number of halogens is 2. The number of nitrogens with one attached hydrogen (secondary N) is 1. The minimum atomic E-state index is -0.675. The monoisotopic (exact) mass is 283 g/mol. The van der Waals surface area contributed by atoms with Crippen LogP contribution in [-0.2, 0) is 0 Å². The van der Waals surface area contributed by atoms with Crippen LogP contribution in [0.5, 0.6) is 0 Å². The predicted octanol–water partition coefficient (Wildman–Crippen LogP) is 4.32. The molecule has 1 N–H and O–H groups in total. The van der Waals surface area contributed by atoms with Crippen LogP contribution in [0, 0.1) is 11.6 Å². The lowest BCUT2D eigenvalue weighted by atomic mass is 10.1. The summed E-state index contributed by atoms with van der Waals surface area (Å²) in [6.07, 6.45) is 0. The third-order valence-electron chi connectivity index (χ3n) is 3.21. The molecule has 0 unspecified atom stereocenters. The van der Waals surface area contributed by atoms with Crippen molar-refractivity contribution in [1.82, 2.24) is 0 Å². The molecule has 3 rings (SSSR count). The van der Waals surface area contributed by atoms with Gasteiger partial charge in [-0.25, -0.2) is 8.78 Å². The molecule has 1 aromatic rings. The van der Waals surface area contributed by atoms with Gasteiger partial charge in [0.2, 0.25) is 0 Å². The Labute approximate surface area is 120 Å². The zero-order valence-corrected chi connectivity index (χ0v) is 10.9. The molecular weight excluding hydrogens is 272 g/mol. The summed E-state index contributed by atoms with van der Waals surface area (Å²) >= 11 is 0. The molecule has 0 bridgehead atoms. The number of carbonyl (C=O) groups excluding carboxylic acids is 1. The molecule has 0 spiro atoms. The van der Waals surface area contributed by atoms with E-state index in [0.717, 1.165) is 29.3 Å². The van der Waals surface area contributed by atoms with Gasteiger partial charge in [-0.2, -0.15) is 0 Å². The second-order valence-corrected chi connectivity index (χ2v) is 4.61. The molecule has 1 amide bonds. The first-order chi connectivity index (χ1) is 10.1. The van der Waals surface area contributed by atoms with Crippen molar-refractivity contribution >= 4 is 11.6 Å². The second-order valence-electron chi connectivity index (χ2n) is 4.61. The number of carbonyl (C=O) groups is 1. The molecule has 0 saturated heterocycles. The summed E-state index contributed by atoms with van der Waals surface area (Å²) in [6, 6.07) is 15.7. The molecular formula is C17H11F2NO. The van der Waals surface area contributed by atoms with Crippen LogP contribution < -0.4 is 5.32 Å². The molecule has 4 heteroatoms. The maximum absolute atomic E-state index is 13.6. The lowest BCUT2D eigenvalue weighted by Crippen LogP contribution is -2.13. The Bertz CT molecular complexity index is 785. The molecule has 2 nitrogen and oxygen atoms in total. The standard InChI is InChI=1S/C17H11F2NO/c18-12-7-9-15(19)16(10-12)20-17(21)14-8-6-11-4-2-1-3-5-13(11)14/h1-10H,(H,20,21). The van der Waals surface area contributed by atoms with Crippen molar-refractivity contribution < 1.29 is 13.6 Å². The van der Waals surface area contributed by atoms with E-state index in [0.29, 0.717) is 5.56 Å². The summed E-state index contributed by atoms with van der Waals surface area (Å²) in [6.45, 7) is 0. The molecule has 0 aliphatic heterocycles. The maximum Gasteiger partial charge on any atom is 0.256 e. The summed E-state index contributed by atoms with van der Waals surface area (Å²) in [4.78, 5) is 12.3. The van der Waals surface area contributed by atoms with Gasteiger partial charge in [-0.3, -0.25) is 4.79 Å². The van der Waals surface area contributed by atoms with E-state index in [1.807, 2.05) is 36.4 Å². The van der Waals surface area contributed by atoms with Crippen LogP contribution in [0.2, 0.25) is 0 Å². The van der Waals surface area contributed by atoms with E-state index in [9.17, 15) is 13.6 Å². The van der Waals surface area contributed by atoms with Gasteiger partial charge in [-0.1, -0.05) is 36.4 Å². The number of amides is 1. The zero-order valence-electron chi connectivity index (χ0n) is 10.9. The van der Waals surface area contributed by atoms with E-state index in [2.05, 4.69) is 5.32 Å². The van der Waals surface area contributed by atoms with E-state index in [1.54, 1.807) is 6.07 Å². The number of hydrogen-bond donors (Lipinski definition) is 1. The number of rotatable bonds is 2. The van der Waals surface area contributed by atoms with Gasteiger partial charge >= 0.3 is 0 Å². The van der Waals surface area contributed by atoms with Crippen LogP contribution in [0.3, 0.4) is 0 Å². The Morgan fingerprint density at radius 1 is 0.905 bits per heavy atom. The smallest absolute Gasteiger partial charge is 0.256 e. The molecule has 0 aromatic heterocycles. The van der Waals surface area contributed by atoms with Gasteiger partial charge < -0.3 is 5.32 Å². The number of fused-ring (bicyclic) bond motifs is 1. The van der Waals surface area contributed by atoms with Crippen molar-refractivity contribution in [1.29, 1.82) is 0 Å². The topological polar surface area (TPSA) is 29.1 Å². The van der Waals surface area contributed by atoms with Gasteiger partial charge in [0.25, 0.3) is 5.91 Å². The van der Waals surface area contributed by atoms with Crippen molar-refractivity contribution in [3.05, 3.63) is 77.9 Å². The Balaban J connectivity index is 1.94. The van der Waals surface area contributed by atoms with Crippen molar-refractivity contribution in [2.45, 2.75) is 0 Å². The van der Waals surface area contributed by atoms with Crippen LogP contribution in [0.25, 0.3) is 11.1 Å². The summed E-state index contributed by atoms with van der Waals surface area (Å²) < 4.78 is 26.7. The average Bonchev–Trinajstić information content (AvgIpc) is 2.72. The molecule has 1 aromatic carbocycles. The van der Waals surface area contributed by atoms with Crippen molar-refractivity contribution in [2.24, 2.45) is 0 Å². The van der Waals surface area contributed by atoms with E-state index >= 15 is 0 Å². The predicted molar refractivity (Wildman–Crippen MR) is 77.4 cm³/mol. The zero-order chi connectivity index (χ0) is 14.8. The molecule has 0 fully saturated rings. The first-order valence-electron chi connectivity index (χ1n) is 6.39. The fraction of sp³-hybridized carbons (Fsp3) is 0. The molecule has 0 saturated carbocycles. The summed E-state index contributed by atoms with van der Waals surface area (Å²) in [5, 5.41) is 2.40. The van der Waals surface area contributed by atoms with Gasteiger partial charge in [-0.15, -0.1) is 0 Å². The Hall–Kier alpha value is -2.75. The first-order valence-corrected chi connectivity index (χ1v) is 6.39. The van der Waals surface area contributed by atoms with Gasteiger partial charge in [0.1, 0.15) is 11.6 Å². The Kier molecular flexibility index (Phi) is 3.36. The van der Waals surface area contributed by atoms with Crippen LogP contribution in [-0.4, -0.2) is 5.91 Å². The van der Waals surface area contributed by atoms with E-state index in [4.69, 9.17) is 0 Å². The minimum Gasteiger partial charge on any atom is -0.319 e. The Morgan fingerprint density at radius 3 is 2.57 bits per heavy atom. The molecule has 0 heterocycles. The minimum absolute atomic E-state index is 0.172. The van der Waals surface area contributed by atoms with Crippen LogP contribution in [0.15, 0.2) is 60.7 Å². The number of benzene rings is 1. The fourth-order valence-electron chi connectivity index (χ4n) is 2.20. The molecule has 0 atom stereocenters. The molecule has 2 aliphatic carbocycles. The third-order valence-corrected chi connectivity index (χ3v) is 3.21. The molecule has 2 aliphatic rings. The summed E-state index contributed by atoms with van der Waals surface area (Å²) in [5.74, 6) is -1.75. The van der Waals surface area contributed by atoms with Crippen molar-refractivity contribution in [3.8, 4) is 11.1 Å². The maximum atomic E-state index is 13.6. The lowest BCUT2D eigenvalue weighted by Gasteiger charge is -2.07. The first kappa shape index (κ1) is 13.2. The highest BCUT2D eigenvalue weighted by Crippen LogP contribution is 2.27. The van der Waals surface area contributed by atoms with Gasteiger partial charge in [0.05, 0.1) is 5.69 Å². The summed E-state index contributed by atoms with van der Waals surface area (Å²) in [7, 11) is 0. The van der Waals surface area contributed by atoms with E-state index in [1.165, 1.54) is 0 Å². The normalized spacial score (nSPS) is 10.6. The van der Waals surface area contributed by atoms with Crippen molar-refractivity contribution in [2.75, 3.05) is 5.32 Å². The summed E-state index contributed by atoms with van der Waals surface area (Å²) in [5.41, 5.74) is 1.92. The molecule has 21 heavy (non-hydrogen) atoms. The van der Waals surface area contributed by atoms with E-state index in [-0.39, 0.29) is 5.69 Å². The molecule has 0 radical (unpaired) electrons. The number of hydrogen-bond acceptors (Lipinski definition) is 1. The van der Waals surface area contributed by atoms with Gasteiger partial charge in [0, 0.05) is 11.6 Å². The highest BCUT2D eigenvalue weighted by atomic mass is 19.1. The third kappa shape index (κ3) is 2.60. The number of anilines is 1. The highest BCUT2D eigenvalue weighted by molar-refractivity contribution is 6.09. The quantitative estimate of drug-likeness (QED) is 0.745. The highest BCUT2D eigenvalue weighted by Gasteiger charge is 2.16. The van der Waals surface area contributed by atoms with Crippen LogP contribution in [0.1, 0.15) is 10.4 Å². The lowest BCUT2D eigenvalue weighted by molar-refractivity contribution is 0.102. The fourth-order valence-corrected chi connectivity index (χ4v) is 2.20. The SMILES string of the molecule is O=C(Nc1cc(F)ccc1F)c1ccc2cccccc1-2. The largest absolute Gasteiger partial charge is 0.319 e. The van der Waals surface area contributed by atoms with Crippen LogP contribution >= 0.6 is 0 Å². The van der Waals surface area contributed by atoms with E-state index < -0.39 is 17.5 Å². The average molecular weight is 283 g/mol. The van der Waals surface area contributed by atoms with Gasteiger partial charge in [0.15, 0.2) is 0 Å². The second kappa shape index (κ2) is 5.32. The van der Waals surface area contributed by atoms with Crippen molar-refractivity contribution in [3.63, 3.8) is 0 Å². The van der Waals surface area contributed by atoms with Crippen LogP contribution in [0.4, 0.5) is 14.5 Å². The van der Waals surface area contributed by atoms with Gasteiger partial charge in [-0.05, 0) is 29.3 Å².